The lowest BCUT2D eigenvalue weighted by atomic mass is 10.2. The van der Waals surface area contributed by atoms with E-state index in [0.29, 0.717) is 6.42 Å². The average Bonchev–Trinajstić information content (AvgIpc) is 2.82. The second-order valence-electron chi connectivity index (χ2n) is 3.64. The highest BCUT2D eigenvalue weighted by atomic mass is 19.3. The van der Waals surface area contributed by atoms with Gasteiger partial charge in [0.15, 0.2) is 0 Å². The van der Waals surface area contributed by atoms with Gasteiger partial charge in [-0.25, -0.2) is 0 Å². The first-order valence-corrected chi connectivity index (χ1v) is 5.02. The number of nitrogens with zero attached hydrogens (tertiary/aromatic N) is 2. The predicted molar refractivity (Wildman–Crippen MR) is 49.3 cm³/mol. The summed E-state index contributed by atoms with van der Waals surface area (Å²) in [5.74, 6) is -2.94. The highest BCUT2D eigenvalue weighted by molar-refractivity contribution is 5.41. The zero-order valence-electron chi connectivity index (χ0n) is 8.59. The highest BCUT2D eigenvalue weighted by Gasteiger charge is 2.65. The molecule has 2 aliphatic carbocycles. The van der Waals surface area contributed by atoms with Crippen LogP contribution in [0, 0.1) is 5.92 Å². The first-order valence-electron chi connectivity index (χ1n) is 5.02. The summed E-state index contributed by atoms with van der Waals surface area (Å²) in [6.45, 7) is 4.00. The molecule has 0 bridgehead atoms. The maximum atomic E-state index is 13.4. The van der Waals surface area contributed by atoms with Crippen LogP contribution in [-0.4, -0.2) is 9.78 Å². The number of fused-ring (bicyclic) bond motifs is 3. The lowest BCUT2D eigenvalue weighted by Crippen LogP contribution is -2.18. The third kappa shape index (κ3) is 0.967. The molecule has 1 aromatic heterocycles. The Kier molecular flexibility index (Phi) is 1.91. The van der Waals surface area contributed by atoms with Crippen LogP contribution >= 0.6 is 0 Å². The van der Waals surface area contributed by atoms with Crippen molar-refractivity contribution in [1.82, 2.24) is 9.78 Å². The first-order chi connectivity index (χ1) is 6.62. The van der Waals surface area contributed by atoms with Gasteiger partial charge in [-0.15, -0.1) is 0 Å². The van der Waals surface area contributed by atoms with Crippen LogP contribution < -0.4 is 0 Å². The number of rotatable bonds is 0. The van der Waals surface area contributed by atoms with Gasteiger partial charge < -0.3 is 0 Å². The Morgan fingerprint density at radius 1 is 1.50 bits per heavy atom. The van der Waals surface area contributed by atoms with Gasteiger partial charge in [0.25, 0.3) is 5.92 Å². The molecule has 1 heterocycles. The van der Waals surface area contributed by atoms with E-state index in [9.17, 15) is 8.78 Å². The van der Waals surface area contributed by atoms with Gasteiger partial charge in [-0.2, -0.15) is 13.9 Å². The summed E-state index contributed by atoms with van der Waals surface area (Å²) in [7, 11) is 1.58. The number of alkyl halides is 2. The highest BCUT2D eigenvalue weighted by Crippen LogP contribution is 2.66. The third-order valence-corrected chi connectivity index (χ3v) is 2.94. The quantitative estimate of drug-likeness (QED) is 0.629. The Morgan fingerprint density at radius 2 is 2.14 bits per heavy atom. The second kappa shape index (κ2) is 2.78. The fraction of sp³-hybridized carbons (Fsp3) is 0.700. The van der Waals surface area contributed by atoms with E-state index in [1.165, 1.54) is 4.68 Å². The molecule has 0 N–H and O–H groups in total. The molecule has 0 saturated heterocycles. The van der Waals surface area contributed by atoms with Crippen molar-refractivity contribution < 1.29 is 8.78 Å². The van der Waals surface area contributed by atoms with Crippen molar-refractivity contribution in [2.24, 2.45) is 13.0 Å². The van der Waals surface area contributed by atoms with Gasteiger partial charge in [-0.3, -0.25) is 4.68 Å². The Morgan fingerprint density at radius 3 is 2.71 bits per heavy atom. The maximum absolute atomic E-state index is 13.4. The van der Waals surface area contributed by atoms with Crippen LogP contribution in [-0.2, 0) is 13.0 Å². The summed E-state index contributed by atoms with van der Waals surface area (Å²) in [5, 5.41) is 3.85. The van der Waals surface area contributed by atoms with E-state index in [4.69, 9.17) is 0 Å². The SMILES string of the molecule is CC.Cn1ncc2c1C(F)(F)C1CC21. The monoisotopic (exact) mass is 200 g/mol. The molecular weight excluding hydrogens is 186 g/mol. The number of hydrogen-bond donors (Lipinski definition) is 0. The molecule has 2 unspecified atom stereocenters. The molecule has 78 valence electrons. The molecule has 1 saturated carbocycles. The predicted octanol–water partition coefficient (Wildman–Crippen LogP) is 2.66. The Hall–Kier alpha value is -0.930. The summed E-state index contributed by atoms with van der Waals surface area (Å²) >= 11 is 0. The average molecular weight is 200 g/mol. The van der Waals surface area contributed by atoms with E-state index in [1.807, 2.05) is 13.8 Å². The Balaban J connectivity index is 0.000000354. The fourth-order valence-electron chi connectivity index (χ4n) is 2.25. The van der Waals surface area contributed by atoms with Crippen molar-refractivity contribution in [3.63, 3.8) is 0 Å². The topological polar surface area (TPSA) is 17.8 Å². The molecular formula is C10H14F2N2. The van der Waals surface area contributed by atoms with E-state index < -0.39 is 11.8 Å². The molecule has 0 aliphatic heterocycles. The summed E-state index contributed by atoms with van der Waals surface area (Å²) in [6.07, 6.45) is 2.23. The fourth-order valence-corrected chi connectivity index (χ4v) is 2.25. The van der Waals surface area contributed by atoms with E-state index >= 15 is 0 Å². The lowest BCUT2D eigenvalue weighted by molar-refractivity contribution is -0.0301. The second-order valence-corrected chi connectivity index (χ2v) is 3.64. The largest absolute Gasteiger partial charge is 0.293 e. The summed E-state index contributed by atoms with van der Waals surface area (Å²) in [4.78, 5) is 0. The zero-order valence-corrected chi connectivity index (χ0v) is 8.59. The molecule has 1 aromatic rings. The van der Waals surface area contributed by atoms with Crippen LogP contribution in [0.3, 0.4) is 0 Å². The molecule has 4 heteroatoms. The lowest BCUT2D eigenvalue weighted by Gasteiger charge is -2.12. The van der Waals surface area contributed by atoms with Crippen molar-refractivity contribution in [3.05, 3.63) is 17.5 Å². The number of hydrogen-bond acceptors (Lipinski definition) is 1. The molecule has 3 rings (SSSR count). The number of aryl methyl sites for hydroxylation is 1. The molecule has 14 heavy (non-hydrogen) atoms. The van der Waals surface area contributed by atoms with Gasteiger partial charge >= 0.3 is 0 Å². The van der Waals surface area contributed by atoms with Crippen LogP contribution in [0.15, 0.2) is 6.20 Å². The van der Waals surface area contributed by atoms with Gasteiger partial charge in [-0.1, -0.05) is 13.8 Å². The minimum atomic E-state index is -2.62. The maximum Gasteiger partial charge on any atom is 0.293 e. The molecule has 0 aromatic carbocycles. The van der Waals surface area contributed by atoms with E-state index in [-0.39, 0.29) is 11.6 Å². The van der Waals surface area contributed by atoms with Gasteiger partial charge in [0.2, 0.25) is 0 Å². The molecule has 0 amide bonds. The van der Waals surface area contributed by atoms with Crippen LogP contribution in [0.1, 0.15) is 37.4 Å². The van der Waals surface area contributed by atoms with Crippen molar-refractivity contribution in [2.75, 3.05) is 0 Å². The van der Waals surface area contributed by atoms with Gasteiger partial charge in [0, 0.05) is 18.5 Å². The zero-order chi connectivity index (χ0) is 10.5. The molecule has 0 radical (unpaired) electrons. The normalized spacial score (nSPS) is 30.1. The van der Waals surface area contributed by atoms with Crippen molar-refractivity contribution >= 4 is 0 Å². The molecule has 1 fully saturated rings. The molecule has 2 aliphatic rings. The van der Waals surface area contributed by atoms with Crippen LogP contribution in [0.4, 0.5) is 8.78 Å². The van der Waals surface area contributed by atoms with Gasteiger partial charge in [0.1, 0.15) is 5.69 Å². The van der Waals surface area contributed by atoms with Crippen LogP contribution in [0.5, 0.6) is 0 Å². The summed E-state index contributed by atoms with van der Waals surface area (Å²) in [6, 6.07) is 0. The van der Waals surface area contributed by atoms with Crippen LogP contribution in [0.25, 0.3) is 0 Å². The minimum Gasteiger partial charge on any atom is -0.266 e. The number of aromatic nitrogens is 2. The Labute approximate surface area is 81.9 Å². The van der Waals surface area contributed by atoms with Gasteiger partial charge in [0.05, 0.1) is 6.20 Å². The Bertz CT molecular complexity index is 357. The molecule has 0 spiro atoms. The van der Waals surface area contributed by atoms with Gasteiger partial charge in [-0.05, 0) is 12.3 Å². The van der Waals surface area contributed by atoms with E-state index in [0.717, 1.165) is 5.56 Å². The smallest absolute Gasteiger partial charge is 0.266 e. The third-order valence-electron chi connectivity index (χ3n) is 2.94. The van der Waals surface area contributed by atoms with E-state index in [1.54, 1.807) is 13.2 Å². The standard InChI is InChI=1S/C8H8F2N2.C2H6/c1-12-7-5(3-11-12)4-2-6(4)8(7,9)10;1-2/h3-4,6H,2H2,1H3;1-2H3. The minimum absolute atomic E-state index is 0.101. The summed E-state index contributed by atoms with van der Waals surface area (Å²) < 4.78 is 28.1. The first kappa shape index (κ1) is 9.62. The molecule has 2 atom stereocenters. The van der Waals surface area contributed by atoms with Crippen molar-refractivity contribution in [2.45, 2.75) is 32.1 Å². The summed E-state index contributed by atoms with van der Waals surface area (Å²) in [5.41, 5.74) is 0.913. The number of halogens is 2. The van der Waals surface area contributed by atoms with Crippen molar-refractivity contribution in [1.29, 1.82) is 0 Å². The molecule has 2 nitrogen and oxygen atoms in total. The van der Waals surface area contributed by atoms with Crippen LogP contribution in [0.2, 0.25) is 0 Å². The van der Waals surface area contributed by atoms with Crippen molar-refractivity contribution in [3.8, 4) is 0 Å². The van der Waals surface area contributed by atoms with E-state index in [2.05, 4.69) is 5.10 Å².